The first-order valence-corrected chi connectivity index (χ1v) is 6.41. The molecule has 0 aliphatic rings. The topological polar surface area (TPSA) is 98.7 Å². The van der Waals surface area contributed by atoms with Crippen molar-refractivity contribution >= 4 is 17.9 Å². The number of hydrogen-bond acceptors (Lipinski definition) is 4. The van der Waals surface area contributed by atoms with Gasteiger partial charge in [0.2, 0.25) is 0 Å². The average Bonchev–Trinajstić information content (AvgIpc) is 2.52. The van der Waals surface area contributed by atoms with E-state index in [9.17, 15) is 9.59 Å². The molecule has 0 aromatic heterocycles. The Hall–Kier alpha value is -3.28. The Morgan fingerprint density at radius 1 is 0.818 bits per heavy atom. The summed E-state index contributed by atoms with van der Waals surface area (Å²) in [5.41, 5.74) is 5.53. The first-order valence-electron chi connectivity index (χ1n) is 6.41. The smallest absolute Gasteiger partial charge is 0.269 e. The normalized spacial score (nSPS) is 10.4. The van der Waals surface area contributed by atoms with Crippen molar-refractivity contribution in [3.05, 3.63) is 65.7 Å². The second kappa shape index (κ2) is 6.94. The lowest BCUT2D eigenvalue weighted by Crippen LogP contribution is -2.40. The van der Waals surface area contributed by atoms with Crippen molar-refractivity contribution in [3.8, 4) is 11.5 Å². The van der Waals surface area contributed by atoms with E-state index in [1.54, 1.807) is 18.2 Å². The van der Waals surface area contributed by atoms with Crippen LogP contribution in [0.2, 0.25) is 0 Å². The van der Waals surface area contributed by atoms with Gasteiger partial charge in [0.05, 0.1) is 0 Å². The number of carbonyl (C=O) groups excluding carboxylic acids is 2. The van der Waals surface area contributed by atoms with Crippen LogP contribution in [-0.4, -0.2) is 22.0 Å². The lowest BCUT2D eigenvalue weighted by atomic mass is 10.2. The summed E-state index contributed by atoms with van der Waals surface area (Å²) in [5.74, 6) is -0.799. The molecule has 0 unspecified atom stereocenters. The third kappa shape index (κ3) is 4.38. The molecule has 2 rings (SSSR count). The van der Waals surface area contributed by atoms with E-state index in [0.717, 1.165) is 5.56 Å². The SMILES string of the molecule is O=C(/C=C/c1ccc(O)cc1)NNC(=O)c1ccc(O)cc1. The zero-order valence-corrected chi connectivity index (χ0v) is 11.5. The van der Waals surface area contributed by atoms with E-state index in [4.69, 9.17) is 10.2 Å². The molecule has 0 bridgehead atoms. The van der Waals surface area contributed by atoms with E-state index in [2.05, 4.69) is 10.9 Å². The molecule has 22 heavy (non-hydrogen) atoms. The molecule has 0 spiro atoms. The van der Waals surface area contributed by atoms with Gasteiger partial charge >= 0.3 is 0 Å². The summed E-state index contributed by atoms with van der Waals surface area (Å²) in [6, 6.07) is 11.9. The molecule has 0 atom stereocenters. The van der Waals surface area contributed by atoms with Gasteiger partial charge in [0.25, 0.3) is 11.8 Å². The monoisotopic (exact) mass is 298 g/mol. The molecule has 6 nitrogen and oxygen atoms in total. The molecule has 0 saturated carbocycles. The molecule has 2 aromatic rings. The van der Waals surface area contributed by atoms with Crippen LogP contribution in [0.15, 0.2) is 54.6 Å². The molecule has 2 amide bonds. The highest BCUT2D eigenvalue weighted by molar-refractivity contribution is 5.97. The summed E-state index contributed by atoms with van der Waals surface area (Å²) < 4.78 is 0. The van der Waals surface area contributed by atoms with Crippen LogP contribution < -0.4 is 10.9 Å². The summed E-state index contributed by atoms with van der Waals surface area (Å²) in [6.07, 6.45) is 2.80. The Labute approximate surface area is 126 Å². The molecule has 0 heterocycles. The fourth-order valence-electron chi connectivity index (χ4n) is 1.60. The number of amides is 2. The molecule has 4 N–H and O–H groups in total. The summed E-state index contributed by atoms with van der Waals surface area (Å²) in [7, 11) is 0. The predicted molar refractivity (Wildman–Crippen MR) is 80.9 cm³/mol. The number of phenols is 2. The van der Waals surface area contributed by atoms with Crippen molar-refractivity contribution in [2.75, 3.05) is 0 Å². The minimum atomic E-state index is -0.500. The fraction of sp³-hybridized carbons (Fsp3) is 0. The first-order chi connectivity index (χ1) is 10.5. The maximum atomic E-state index is 11.7. The highest BCUT2D eigenvalue weighted by atomic mass is 16.3. The van der Waals surface area contributed by atoms with Gasteiger partial charge in [-0.25, -0.2) is 0 Å². The Bertz CT molecular complexity index is 691. The van der Waals surface area contributed by atoms with E-state index < -0.39 is 11.8 Å². The molecule has 0 saturated heterocycles. The molecule has 112 valence electrons. The Morgan fingerprint density at radius 3 is 1.95 bits per heavy atom. The van der Waals surface area contributed by atoms with E-state index in [0.29, 0.717) is 5.56 Å². The van der Waals surface area contributed by atoms with Crippen LogP contribution in [0.25, 0.3) is 6.08 Å². The third-order valence-electron chi connectivity index (χ3n) is 2.75. The maximum Gasteiger partial charge on any atom is 0.269 e. The summed E-state index contributed by atoms with van der Waals surface area (Å²) >= 11 is 0. The Balaban J connectivity index is 1.86. The van der Waals surface area contributed by atoms with Crippen molar-refractivity contribution in [2.24, 2.45) is 0 Å². The van der Waals surface area contributed by atoms with Crippen molar-refractivity contribution in [1.82, 2.24) is 10.9 Å². The van der Waals surface area contributed by atoms with Crippen molar-refractivity contribution in [2.45, 2.75) is 0 Å². The molecule has 0 aliphatic heterocycles. The van der Waals surface area contributed by atoms with E-state index >= 15 is 0 Å². The van der Waals surface area contributed by atoms with Crippen molar-refractivity contribution in [3.63, 3.8) is 0 Å². The van der Waals surface area contributed by atoms with Crippen molar-refractivity contribution in [1.29, 1.82) is 0 Å². The third-order valence-corrected chi connectivity index (χ3v) is 2.75. The first kappa shape index (κ1) is 15.1. The predicted octanol–water partition coefficient (Wildman–Crippen LogP) is 1.57. The highest BCUT2D eigenvalue weighted by Crippen LogP contribution is 2.10. The van der Waals surface area contributed by atoms with Crippen LogP contribution in [0.1, 0.15) is 15.9 Å². The van der Waals surface area contributed by atoms with Crippen LogP contribution in [0, 0.1) is 0 Å². The average molecular weight is 298 g/mol. The molecule has 0 radical (unpaired) electrons. The lowest BCUT2D eigenvalue weighted by Gasteiger charge is -2.05. The van der Waals surface area contributed by atoms with E-state index in [1.165, 1.54) is 42.5 Å². The molecule has 0 fully saturated rings. The summed E-state index contributed by atoms with van der Waals surface area (Å²) in [4.78, 5) is 23.3. The van der Waals surface area contributed by atoms with Gasteiger partial charge in [-0.05, 0) is 48.0 Å². The number of phenolic OH excluding ortho intramolecular Hbond substituents is 2. The Kier molecular flexibility index (Phi) is 4.77. The van der Waals surface area contributed by atoms with Crippen LogP contribution in [0.4, 0.5) is 0 Å². The summed E-state index contributed by atoms with van der Waals surface area (Å²) in [5, 5.41) is 18.3. The molecule has 0 aliphatic carbocycles. The molecular weight excluding hydrogens is 284 g/mol. The van der Waals surface area contributed by atoms with Gasteiger partial charge in [0, 0.05) is 11.6 Å². The quantitative estimate of drug-likeness (QED) is 0.510. The van der Waals surface area contributed by atoms with Gasteiger partial charge in [-0.1, -0.05) is 12.1 Å². The number of rotatable bonds is 3. The minimum absolute atomic E-state index is 0.0532. The van der Waals surface area contributed by atoms with Crippen LogP contribution in [0.5, 0.6) is 11.5 Å². The second-order valence-electron chi connectivity index (χ2n) is 4.42. The lowest BCUT2D eigenvalue weighted by molar-refractivity contribution is -0.117. The largest absolute Gasteiger partial charge is 0.508 e. The van der Waals surface area contributed by atoms with E-state index in [-0.39, 0.29) is 11.5 Å². The highest BCUT2D eigenvalue weighted by Gasteiger charge is 2.05. The van der Waals surface area contributed by atoms with Gasteiger partial charge in [-0.2, -0.15) is 0 Å². The van der Waals surface area contributed by atoms with Gasteiger partial charge in [-0.3, -0.25) is 20.4 Å². The summed E-state index contributed by atoms with van der Waals surface area (Å²) in [6.45, 7) is 0. The molecule has 6 heteroatoms. The zero-order valence-electron chi connectivity index (χ0n) is 11.5. The minimum Gasteiger partial charge on any atom is -0.508 e. The maximum absolute atomic E-state index is 11.7. The molecular formula is C16H14N2O4. The fourth-order valence-corrected chi connectivity index (χ4v) is 1.60. The van der Waals surface area contributed by atoms with Gasteiger partial charge in [0.1, 0.15) is 11.5 Å². The second-order valence-corrected chi connectivity index (χ2v) is 4.42. The number of hydrazine groups is 1. The molecule has 2 aromatic carbocycles. The van der Waals surface area contributed by atoms with Gasteiger partial charge in [0.15, 0.2) is 0 Å². The van der Waals surface area contributed by atoms with Crippen LogP contribution in [0.3, 0.4) is 0 Å². The number of carbonyl (C=O) groups is 2. The van der Waals surface area contributed by atoms with Crippen LogP contribution in [-0.2, 0) is 4.79 Å². The van der Waals surface area contributed by atoms with Gasteiger partial charge < -0.3 is 10.2 Å². The van der Waals surface area contributed by atoms with E-state index in [1.807, 2.05) is 0 Å². The van der Waals surface area contributed by atoms with Gasteiger partial charge in [-0.15, -0.1) is 0 Å². The number of aromatic hydroxyl groups is 2. The standard InChI is InChI=1S/C16H14N2O4/c19-13-6-1-11(2-7-13)3-10-15(21)17-18-16(22)12-4-8-14(20)9-5-12/h1-10,19-20H,(H,17,21)(H,18,22)/b10-3+. The number of nitrogens with one attached hydrogen (secondary N) is 2. The van der Waals surface area contributed by atoms with Crippen molar-refractivity contribution < 1.29 is 19.8 Å². The number of hydrogen-bond donors (Lipinski definition) is 4. The zero-order chi connectivity index (χ0) is 15.9. The van der Waals surface area contributed by atoms with Crippen LogP contribution >= 0.6 is 0 Å². The Morgan fingerprint density at radius 2 is 1.36 bits per heavy atom. The number of benzene rings is 2.